The van der Waals surface area contributed by atoms with Crippen molar-refractivity contribution in [3.63, 3.8) is 0 Å². The lowest BCUT2D eigenvalue weighted by molar-refractivity contribution is 0.102. The average molecular weight is 359 g/mol. The molecule has 0 saturated heterocycles. The maximum absolute atomic E-state index is 12.6. The van der Waals surface area contributed by atoms with Crippen molar-refractivity contribution < 1.29 is 9.53 Å². The molecule has 1 aliphatic heterocycles. The number of carbonyl (C=O) groups is 1. The zero-order chi connectivity index (χ0) is 18.6. The van der Waals surface area contributed by atoms with Crippen LogP contribution in [0.25, 0.3) is 0 Å². The lowest BCUT2D eigenvalue weighted by Gasteiger charge is -2.19. The maximum atomic E-state index is 12.6. The summed E-state index contributed by atoms with van der Waals surface area (Å²) in [5.41, 5.74) is 4.56. The molecule has 3 aromatic rings. The predicted octanol–water partition coefficient (Wildman–Crippen LogP) is 4.43. The van der Waals surface area contributed by atoms with Gasteiger partial charge >= 0.3 is 0 Å². The highest BCUT2D eigenvalue weighted by Crippen LogP contribution is 2.33. The second-order valence-corrected chi connectivity index (χ2v) is 6.32. The molecule has 0 fully saturated rings. The van der Waals surface area contributed by atoms with Crippen LogP contribution in [0, 0.1) is 0 Å². The maximum Gasteiger partial charge on any atom is 0.274 e. The third kappa shape index (κ3) is 3.49. The highest BCUT2D eigenvalue weighted by atomic mass is 16.5. The summed E-state index contributed by atoms with van der Waals surface area (Å²) >= 11 is 0. The summed E-state index contributed by atoms with van der Waals surface area (Å²) in [6.07, 6.45) is 2.78. The number of aromatic nitrogens is 1. The molecule has 1 aromatic heterocycles. The predicted molar refractivity (Wildman–Crippen MR) is 107 cm³/mol. The zero-order valence-corrected chi connectivity index (χ0v) is 15.2. The van der Waals surface area contributed by atoms with Crippen LogP contribution in [0.3, 0.4) is 0 Å². The van der Waals surface area contributed by atoms with Crippen LogP contribution in [0.5, 0.6) is 5.75 Å². The SMILES string of the molecule is CCOc1ccccc1NC(=O)c1ccc(N2CCc3ccccc32)cn1. The van der Waals surface area contributed by atoms with Gasteiger partial charge < -0.3 is 15.0 Å². The molecular formula is C22H21N3O2. The summed E-state index contributed by atoms with van der Waals surface area (Å²) in [5.74, 6) is 0.397. The van der Waals surface area contributed by atoms with Crippen LogP contribution in [0.1, 0.15) is 23.0 Å². The highest BCUT2D eigenvalue weighted by Gasteiger charge is 2.20. The van der Waals surface area contributed by atoms with Gasteiger partial charge in [0.1, 0.15) is 11.4 Å². The van der Waals surface area contributed by atoms with Crippen LogP contribution in [0.2, 0.25) is 0 Å². The van der Waals surface area contributed by atoms with Gasteiger partial charge in [-0.3, -0.25) is 4.79 Å². The van der Waals surface area contributed by atoms with Crippen LogP contribution >= 0.6 is 0 Å². The van der Waals surface area contributed by atoms with Crippen LogP contribution in [0.15, 0.2) is 66.9 Å². The van der Waals surface area contributed by atoms with Crippen molar-refractivity contribution in [2.75, 3.05) is 23.4 Å². The third-order valence-electron chi connectivity index (χ3n) is 4.61. The number of nitrogens with zero attached hydrogens (tertiary/aromatic N) is 2. The van der Waals surface area contributed by atoms with E-state index in [0.29, 0.717) is 23.7 Å². The second-order valence-electron chi connectivity index (χ2n) is 6.32. The number of anilines is 3. The minimum absolute atomic E-state index is 0.254. The third-order valence-corrected chi connectivity index (χ3v) is 4.61. The molecular weight excluding hydrogens is 338 g/mol. The topological polar surface area (TPSA) is 54.5 Å². The van der Waals surface area contributed by atoms with E-state index in [0.717, 1.165) is 18.7 Å². The number of rotatable bonds is 5. The van der Waals surface area contributed by atoms with Crippen molar-refractivity contribution in [2.24, 2.45) is 0 Å². The number of amides is 1. The van der Waals surface area contributed by atoms with Crippen LogP contribution in [0.4, 0.5) is 17.1 Å². The fourth-order valence-corrected chi connectivity index (χ4v) is 3.32. The Labute approximate surface area is 158 Å². The Kier molecular flexibility index (Phi) is 4.75. The smallest absolute Gasteiger partial charge is 0.274 e. The van der Waals surface area contributed by atoms with E-state index in [-0.39, 0.29) is 5.91 Å². The number of nitrogens with one attached hydrogen (secondary N) is 1. The summed E-state index contributed by atoms with van der Waals surface area (Å²) in [5, 5.41) is 2.88. The van der Waals surface area contributed by atoms with E-state index in [1.165, 1.54) is 11.3 Å². The molecule has 2 heterocycles. The molecule has 0 atom stereocenters. The molecule has 136 valence electrons. The molecule has 4 rings (SSSR count). The van der Waals surface area contributed by atoms with E-state index >= 15 is 0 Å². The summed E-state index contributed by atoms with van der Waals surface area (Å²) in [6, 6.07) is 19.5. The van der Waals surface area contributed by atoms with Crippen molar-refractivity contribution in [2.45, 2.75) is 13.3 Å². The summed E-state index contributed by atoms with van der Waals surface area (Å²) in [4.78, 5) is 19.2. The molecule has 0 aliphatic carbocycles. The highest BCUT2D eigenvalue weighted by molar-refractivity contribution is 6.03. The van der Waals surface area contributed by atoms with E-state index < -0.39 is 0 Å². The fourth-order valence-electron chi connectivity index (χ4n) is 3.32. The molecule has 2 aromatic carbocycles. The molecule has 0 saturated carbocycles. The molecule has 5 nitrogen and oxygen atoms in total. The molecule has 1 N–H and O–H groups in total. The van der Waals surface area contributed by atoms with Crippen LogP contribution < -0.4 is 15.0 Å². The zero-order valence-electron chi connectivity index (χ0n) is 15.2. The number of benzene rings is 2. The Hall–Kier alpha value is -3.34. The minimum Gasteiger partial charge on any atom is -0.492 e. The van der Waals surface area contributed by atoms with E-state index in [1.807, 2.05) is 43.3 Å². The van der Waals surface area contributed by atoms with Crippen molar-refractivity contribution in [3.8, 4) is 5.75 Å². The minimum atomic E-state index is -0.254. The van der Waals surface area contributed by atoms with Crippen molar-refractivity contribution in [1.29, 1.82) is 0 Å². The van der Waals surface area contributed by atoms with Gasteiger partial charge in [-0.05, 0) is 49.2 Å². The summed E-state index contributed by atoms with van der Waals surface area (Å²) in [6.45, 7) is 3.38. The van der Waals surface area contributed by atoms with Gasteiger partial charge in [0.2, 0.25) is 0 Å². The molecule has 1 aliphatic rings. The largest absolute Gasteiger partial charge is 0.492 e. The number of carbonyl (C=O) groups excluding carboxylic acids is 1. The first kappa shape index (κ1) is 17.1. The van der Waals surface area contributed by atoms with Gasteiger partial charge in [0.25, 0.3) is 5.91 Å². The Bertz CT molecular complexity index is 954. The normalized spacial score (nSPS) is 12.6. The number of para-hydroxylation sites is 3. The van der Waals surface area contributed by atoms with Crippen molar-refractivity contribution >= 4 is 23.0 Å². The first-order valence-electron chi connectivity index (χ1n) is 9.11. The van der Waals surface area contributed by atoms with Crippen molar-refractivity contribution in [1.82, 2.24) is 4.98 Å². The van der Waals surface area contributed by atoms with E-state index in [2.05, 4.69) is 33.4 Å². The quantitative estimate of drug-likeness (QED) is 0.732. The average Bonchev–Trinajstić information content (AvgIpc) is 3.14. The van der Waals surface area contributed by atoms with Gasteiger partial charge in [-0.2, -0.15) is 0 Å². The Morgan fingerprint density at radius 3 is 2.74 bits per heavy atom. The lowest BCUT2D eigenvalue weighted by Crippen LogP contribution is -2.16. The molecule has 5 heteroatoms. The second kappa shape index (κ2) is 7.50. The van der Waals surface area contributed by atoms with E-state index in [4.69, 9.17) is 4.74 Å². The van der Waals surface area contributed by atoms with Gasteiger partial charge in [-0.25, -0.2) is 4.98 Å². The van der Waals surface area contributed by atoms with Gasteiger partial charge in [0.05, 0.1) is 24.2 Å². The number of fused-ring (bicyclic) bond motifs is 1. The first-order valence-corrected chi connectivity index (χ1v) is 9.11. The Morgan fingerprint density at radius 1 is 1.11 bits per heavy atom. The lowest BCUT2D eigenvalue weighted by atomic mass is 10.2. The fraction of sp³-hybridized carbons (Fsp3) is 0.182. The van der Waals surface area contributed by atoms with Gasteiger partial charge in [0, 0.05) is 12.2 Å². The van der Waals surface area contributed by atoms with Gasteiger partial charge in [0.15, 0.2) is 0 Å². The molecule has 0 unspecified atom stereocenters. The standard InChI is InChI=1S/C22H21N3O2/c1-2-27-21-10-6-4-8-18(21)24-22(26)19-12-11-17(15-23-19)25-14-13-16-7-3-5-9-20(16)25/h3-12,15H,2,13-14H2,1H3,(H,24,26). The molecule has 1 amide bonds. The Balaban J connectivity index is 1.51. The molecule has 0 bridgehead atoms. The monoisotopic (exact) mass is 359 g/mol. The van der Waals surface area contributed by atoms with Crippen molar-refractivity contribution in [3.05, 3.63) is 78.1 Å². The molecule has 0 spiro atoms. The number of pyridine rings is 1. The Morgan fingerprint density at radius 2 is 1.93 bits per heavy atom. The van der Waals surface area contributed by atoms with Gasteiger partial charge in [-0.15, -0.1) is 0 Å². The molecule has 0 radical (unpaired) electrons. The van der Waals surface area contributed by atoms with Gasteiger partial charge in [-0.1, -0.05) is 30.3 Å². The number of ether oxygens (including phenoxy) is 1. The molecule has 27 heavy (non-hydrogen) atoms. The van der Waals surface area contributed by atoms with Crippen LogP contribution in [-0.4, -0.2) is 24.0 Å². The van der Waals surface area contributed by atoms with E-state index in [1.54, 1.807) is 12.3 Å². The van der Waals surface area contributed by atoms with E-state index in [9.17, 15) is 4.79 Å². The first-order chi connectivity index (χ1) is 13.3. The summed E-state index contributed by atoms with van der Waals surface area (Å²) in [7, 11) is 0. The van der Waals surface area contributed by atoms with Crippen LogP contribution in [-0.2, 0) is 6.42 Å². The summed E-state index contributed by atoms with van der Waals surface area (Å²) < 4.78 is 5.55. The number of hydrogen-bond acceptors (Lipinski definition) is 4. The number of hydrogen-bond donors (Lipinski definition) is 1.